The van der Waals surface area contributed by atoms with E-state index in [1.807, 2.05) is 0 Å². The predicted molar refractivity (Wildman–Crippen MR) is 71.9 cm³/mol. The van der Waals surface area contributed by atoms with E-state index in [9.17, 15) is 13.2 Å². The number of sulfonamides is 1. The van der Waals surface area contributed by atoms with Crippen molar-refractivity contribution in [2.75, 3.05) is 17.6 Å². The number of rotatable bonds is 5. The number of likely N-dealkylation sites (N-methyl/N-ethyl adjacent to an activating group) is 1. The Morgan fingerprint density at radius 3 is 2.28 bits per heavy atom. The van der Waals surface area contributed by atoms with Crippen molar-refractivity contribution < 1.29 is 13.2 Å². The highest BCUT2D eigenvalue weighted by Crippen LogP contribution is 2.21. The average Bonchev–Trinajstić information content (AvgIpc) is 2.34. The standard InChI is InChI=1S/C12H18N2O3S/c1-4-11(12(15)13-2)14(18(3,16)17)10-8-6-5-7-9-10/h5-9,11H,4H2,1-3H3,(H,13,15)/t11-/m0/s1. The second kappa shape index (κ2) is 5.86. The van der Waals surface area contributed by atoms with Crippen molar-refractivity contribution in [2.45, 2.75) is 19.4 Å². The molecule has 100 valence electrons. The molecule has 1 aromatic rings. The average molecular weight is 270 g/mol. The highest BCUT2D eigenvalue weighted by molar-refractivity contribution is 7.92. The summed E-state index contributed by atoms with van der Waals surface area (Å²) in [5, 5.41) is 2.49. The SMILES string of the molecule is CC[C@@H](C(=O)NC)N(c1ccccc1)S(C)(=O)=O. The fraction of sp³-hybridized carbons (Fsp3) is 0.417. The molecule has 0 unspecified atom stereocenters. The van der Waals surface area contributed by atoms with Gasteiger partial charge in [0.1, 0.15) is 6.04 Å². The molecule has 6 heteroatoms. The van der Waals surface area contributed by atoms with Crippen molar-refractivity contribution in [3.05, 3.63) is 30.3 Å². The Kier molecular flexibility index (Phi) is 4.72. The van der Waals surface area contributed by atoms with Crippen LogP contribution in [-0.2, 0) is 14.8 Å². The van der Waals surface area contributed by atoms with Gasteiger partial charge in [-0.1, -0.05) is 25.1 Å². The van der Waals surface area contributed by atoms with Crippen LogP contribution in [0.2, 0.25) is 0 Å². The van der Waals surface area contributed by atoms with Gasteiger partial charge in [-0.2, -0.15) is 0 Å². The Morgan fingerprint density at radius 1 is 1.33 bits per heavy atom. The van der Waals surface area contributed by atoms with E-state index in [-0.39, 0.29) is 5.91 Å². The fourth-order valence-corrected chi connectivity index (χ4v) is 3.01. The fourth-order valence-electron chi connectivity index (χ4n) is 1.80. The van der Waals surface area contributed by atoms with Crippen molar-refractivity contribution >= 4 is 21.6 Å². The van der Waals surface area contributed by atoms with Gasteiger partial charge in [-0.05, 0) is 18.6 Å². The Bertz CT molecular complexity index is 499. The molecule has 0 saturated carbocycles. The topological polar surface area (TPSA) is 66.5 Å². The molecule has 1 amide bonds. The molecule has 18 heavy (non-hydrogen) atoms. The Hall–Kier alpha value is -1.56. The third kappa shape index (κ3) is 3.22. The summed E-state index contributed by atoms with van der Waals surface area (Å²) in [7, 11) is -2.02. The van der Waals surface area contributed by atoms with Crippen LogP contribution in [0.4, 0.5) is 5.69 Å². The monoisotopic (exact) mass is 270 g/mol. The molecular weight excluding hydrogens is 252 g/mol. The number of nitrogens with one attached hydrogen (secondary N) is 1. The summed E-state index contributed by atoms with van der Waals surface area (Å²) in [4.78, 5) is 11.8. The molecule has 0 spiro atoms. The van der Waals surface area contributed by atoms with Crippen LogP contribution in [0.5, 0.6) is 0 Å². The minimum Gasteiger partial charge on any atom is -0.357 e. The molecule has 0 radical (unpaired) electrons. The highest BCUT2D eigenvalue weighted by atomic mass is 32.2. The van der Waals surface area contributed by atoms with Gasteiger partial charge in [-0.3, -0.25) is 9.10 Å². The number of nitrogens with zero attached hydrogens (tertiary/aromatic N) is 1. The molecule has 0 aromatic heterocycles. The van der Waals surface area contributed by atoms with Crippen LogP contribution < -0.4 is 9.62 Å². The van der Waals surface area contributed by atoms with Crippen LogP contribution in [0.25, 0.3) is 0 Å². The zero-order valence-corrected chi connectivity index (χ0v) is 11.6. The molecule has 1 N–H and O–H groups in total. The van der Waals surface area contributed by atoms with Crippen LogP contribution >= 0.6 is 0 Å². The van der Waals surface area contributed by atoms with Gasteiger partial charge in [-0.25, -0.2) is 8.42 Å². The molecule has 0 heterocycles. The van der Waals surface area contributed by atoms with Crippen LogP contribution in [0.15, 0.2) is 30.3 Å². The zero-order chi connectivity index (χ0) is 13.8. The third-order valence-corrected chi connectivity index (χ3v) is 3.77. The summed E-state index contributed by atoms with van der Waals surface area (Å²) in [6, 6.07) is 7.89. The van der Waals surface area contributed by atoms with Crippen molar-refractivity contribution in [2.24, 2.45) is 0 Å². The molecule has 1 rings (SSSR count). The molecule has 1 atom stereocenters. The molecule has 1 aromatic carbocycles. The Labute approximate surface area is 108 Å². The van der Waals surface area contributed by atoms with Crippen LogP contribution in [0.3, 0.4) is 0 Å². The molecule has 0 fully saturated rings. The van der Waals surface area contributed by atoms with Crippen molar-refractivity contribution in [1.82, 2.24) is 5.32 Å². The van der Waals surface area contributed by atoms with E-state index >= 15 is 0 Å². The largest absolute Gasteiger partial charge is 0.357 e. The molecule has 0 aliphatic carbocycles. The Morgan fingerprint density at radius 2 is 1.89 bits per heavy atom. The summed E-state index contributed by atoms with van der Waals surface area (Å²) in [6.07, 6.45) is 1.51. The highest BCUT2D eigenvalue weighted by Gasteiger charge is 2.30. The minimum absolute atomic E-state index is 0.313. The number of hydrogen-bond acceptors (Lipinski definition) is 3. The van der Waals surface area contributed by atoms with Crippen molar-refractivity contribution in [3.8, 4) is 0 Å². The number of para-hydroxylation sites is 1. The van der Waals surface area contributed by atoms with E-state index in [1.165, 1.54) is 7.05 Å². The molecule has 0 bridgehead atoms. The maximum Gasteiger partial charge on any atom is 0.243 e. The van der Waals surface area contributed by atoms with Gasteiger partial charge in [0.2, 0.25) is 15.9 Å². The summed E-state index contributed by atoms with van der Waals surface area (Å²) >= 11 is 0. The lowest BCUT2D eigenvalue weighted by atomic mass is 10.2. The third-order valence-electron chi connectivity index (χ3n) is 2.59. The van der Waals surface area contributed by atoms with Gasteiger partial charge < -0.3 is 5.32 Å². The second-order valence-electron chi connectivity index (χ2n) is 3.93. The van der Waals surface area contributed by atoms with E-state index in [1.54, 1.807) is 37.3 Å². The molecule has 5 nitrogen and oxygen atoms in total. The van der Waals surface area contributed by atoms with Crippen LogP contribution in [-0.4, -0.2) is 33.7 Å². The molecule has 0 aliphatic rings. The van der Waals surface area contributed by atoms with Crippen LogP contribution in [0.1, 0.15) is 13.3 Å². The van der Waals surface area contributed by atoms with E-state index < -0.39 is 16.1 Å². The number of benzene rings is 1. The zero-order valence-electron chi connectivity index (χ0n) is 10.8. The van der Waals surface area contributed by atoms with Gasteiger partial charge in [0.05, 0.1) is 11.9 Å². The van der Waals surface area contributed by atoms with E-state index in [0.717, 1.165) is 10.6 Å². The van der Waals surface area contributed by atoms with E-state index in [0.29, 0.717) is 12.1 Å². The number of anilines is 1. The first-order chi connectivity index (χ1) is 8.41. The first-order valence-corrected chi connectivity index (χ1v) is 7.52. The number of amides is 1. The van der Waals surface area contributed by atoms with E-state index in [2.05, 4.69) is 5.32 Å². The molecule has 0 aliphatic heterocycles. The Balaban J connectivity index is 3.26. The summed E-state index contributed by atoms with van der Waals surface area (Å²) in [6.45, 7) is 1.78. The maximum absolute atomic E-state index is 11.9. The minimum atomic E-state index is -3.51. The van der Waals surface area contributed by atoms with Gasteiger partial charge >= 0.3 is 0 Å². The van der Waals surface area contributed by atoms with Crippen LogP contribution in [0, 0.1) is 0 Å². The predicted octanol–water partition coefficient (Wildman–Crippen LogP) is 0.977. The lowest BCUT2D eigenvalue weighted by Crippen LogP contribution is -2.48. The number of carbonyl (C=O) groups excluding carboxylic acids is 1. The number of hydrogen-bond donors (Lipinski definition) is 1. The molecule has 0 saturated heterocycles. The van der Waals surface area contributed by atoms with Crippen molar-refractivity contribution in [1.29, 1.82) is 0 Å². The van der Waals surface area contributed by atoms with Gasteiger partial charge in [0.25, 0.3) is 0 Å². The first-order valence-electron chi connectivity index (χ1n) is 5.67. The summed E-state index contributed by atoms with van der Waals surface area (Å²) < 4.78 is 25.0. The smallest absolute Gasteiger partial charge is 0.243 e. The van der Waals surface area contributed by atoms with Crippen molar-refractivity contribution in [3.63, 3.8) is 0 Å². The van der Waals surface area contributed by atoms with Gasteiger partial charge in [-0.15, -0.1) is 0 Å². The van der Waals surface area contributed by atoms with Gasteiger partial charge in [0.15, 0.2) is 0 Å². The lowest BCUT2D eigenvalue weighted by molar-refractivity contribution is -0.121. The van der Waals surface area contributed by atoms with E-state index in [4.69, 9.17) is 0 Å². The maximum atomic E-state index is 11.9. The summed E-state index contributed by atoms with van der Waals surface area (Å²) in [5.41, 5.74) is 0.496. The number of carbonyl (C=O) groups is 1. The lowest BCUT2D eigenvalue weighted by Gasteiger charge is -2.29. The van der Waals surface area contributed by atoms with Gasteiger partial charge in [0, 0.05) is 7.05 Å². The normalized spacial score (nSPS) is 12.8. The quantitative estimate of drug-likeness (QED) is 0.867. The second-order valence-corrected chi connectivity index (χ2v) is 5.79. The molecular formula is C12H18N2O3S. The summed E-state index contributed by atoms with van der Waals surface area (Å²) in [5.74, 6) is -0.313. The first kappa shape index (κ1) is 14.5.